The van der Waals surface area contributed by atoms with Crippen molar-refractivity contribution in [1.29, 1.82) is 0 Å². The maximum absolute atomic E-state index is 4.82. The van der Waals surface area contributed by atoms with Crippen LogP contribution in [0.1, 0.15) is 19.4 Å². The van der Waals surface area contributed by atoms with Gasteiger partial charge in [-0.05, 0) is 37.9 Å². The number of likely N-dealkylation sites (N-methyl/N-ethyl adjacent to an activating group) is 1. The van der Waals surface area contributed by atoms with Crippen LogP contribution in [0, 0.1) is 5.92 Å². The highest BCUT2D eigenvalue weighted by Gasteiger charge is 2.16. The quantitative estimate of drug-likeness (QED) is 0.482. The van der Waals surface area contributed by atoms with Crippen molar-refractivity contribution >= 4 is 16.9 Å². The zero-order valence-electron chi connectivity index (χ0n) is 17.7. The molecule has 0 radical (unpaired) electrons. The van der Waals surface area contributed by atoms with Gasteiger partial charge in [-0.15, -0.1) is 0 Å². The summed E-state index contributed by atoms with van der Waals surface area (Å²) in [6, 6.07) is 8.47. The summed E-state index contributed by atoms with van der Waals surface area (Å²) in [5.41, 5.74) is 2.55. The summed E-state index contributed by atoms with van der Waals surface area (Å²) in [4.78, 5) is 13.1. The molecule has 0 spiro atoms. The first-order valence-corrected chi connectivity index (χ1v) is 10.6. The number of benzene rings is 1. The number of nitrogens with zero attached hydrogens (tertiary/aromatic N) is 3. The molecule has 0 amide bonds. The van der Waals surface area contributed by atoms with Gasteiger partial charge in [0.15, 0.2) is 5.96 Å². The van der Waals surface area contributed by atoms with E-state index in [0.717, 1.165) is 38.6 Å². The van der Waals surface area contributed by atoms with Gasteiger partial charge in [-0.25, -0.2) is 0 Å². The third-order valence-electron chi connectivity index (χ3n) is 5.43. The van der Waals surface area contributed by atoms with Crippen molar-refractivity contribution in [2.24, 2.45) is 10.9 Å². The number of rotatable bonds is 8. The van der Waals surface area contributed by atoms with E-state index >= 15 is 0 Å². The lowest BCUT2D eigenvalue weighted by Crippen LogP contribution is -2.46. The van der Waals surface area contributed by atoms with Gasteiger partial charge < -0.3 is 25.4 Å². The van der Waals surface area contributed by atoms with E-state index in [9.17, 15) is 0 Å². The van der Waals surface area contributed by atoms with Gasteiger partial charge >= 0.3 is 0 Å². The molecule has 6 heteroatoms. The minimum absolute atomic E-state index is 0.562. The van der Waals surface area contributed by atoms with Crippen LogP contribution in [-0.2, 0) is 6.42 Å². The number of fused-ring (bicyclic) bond motifs is 1. The summed E-state index contributed by atoms with van der Waals surface area (Å²) in [5.74, 6) is 1.49. The molecule has 1 aliphatic heterocycles. The Bertz CT molecular complexity index is 744. The number of aromatic nitrogens is 1. The van der Waals surface area contributed by atoms with E-state index in [1.54, 1.807) is 0 Å². The number of nitrogens with one attached hydrogen (secondary N) is 3. The van der Waals surface area contributed by atoms with Crippen LogP contribution >= 0.6 is 0 Å². The molecule has 1 atom stereocenters. The number of guanidine groups is 1. The maximum atomic E-state index is 4.82. The van der Waals surface area contributed by atoms with Crippen LogP contribution < -0.4 is 10.6 Å². The average Bonchev–Trinajstić information content (AvgIpc) is 3.11. The number of hydrogen-bond acceptors (Lipinski definition) is 3. The highest BCUT2D eigenvalue weighted by molar-refractivity contribution is 5.83. The second-order valence-corrected chi connectivity index (χ2v) is 7.96. The topological polar surface area (TPSA) is 58.7 Å². The third-order valence-corrected chi connectivity index (χ3v) is 5.43. The van der Waals surface area contributed by atoms with Crippen LogP contribution in [0.2, 0.25) is 0 Å². The molecule has 1 fully saturated rings. The summed E-state index contributed by atoms with van der Waals surface area (Å²) in [5, 5.41) is 8.18. The van der Waals surface area contributed by atoms with Crippen LogP contribution in [0.25, 0.3) is 10.9 Å². The molecule has 3 N–H and O–H groups in total. The summed E-state index contributed by atoms with van der Waals surface area (Å²) in [6.07, 6.45) is 3.10. The fraction of sp³-hybridized carbons (Fsp3) is 0.591. The Kier molecular flexibility index (Phi) is 7.74. The summed E-state index contributed by atoms with van der Waals surface area (Å²) in [6.45, 7) is 12.9. The highest BCUT2D eigenvalue weighted by Crippen LogP contribution is 2.17. The average molecular weight is 385 g/mol. The number of piperazine rings is 1. The fourth-order valence-electron chi connectivity index (χ4n) is 3.77. The van der Waals surface area contributed by atoms with Crippen molar-refractivity contribution in [3.63, 3.8) is 0 Å². The molecule has 28 heavy (non-hydrogen) atoms. The lowest BCUT2D eigenvalue weighted by atomic mass is 10.1. The van der Waals surface area contributed by atoms with Gasteiger partial charge in [0.1, 0.15) is 0 Å². The molecule has 6 nitrogen and oxygen atoms in total. The Balaban J connectivity index is 1.45. The number of H-pyrrole nitrogens is 1. The smallest absolute Gasteiger partial charge is 0.191 e. The van der Waals surface area contributed by atoms with E-state index < -0.39 is 0 Å². The van der Waals surface area contributed by atoms with E-state index in [-0.39, 0.29) is 0 Å². The van der Waals surface area contributed by atoms with E-state index in [1.165, 1.54) is 42.6 Å². The summed E-state index contributed by atoms with van der Waals surface area (Å²) < 4.78 is 0. The van der Waals surface area contributed by atoms with Crippen molar-refractivity contribution < 1.29 is 0 Å². The van der Waals surface area contributed by atoms with Gasteiger partial charge in [-0.3, -0.25) is 4.99 Å². The van der Waals surface area contributed by atoms with Crippen molar-refractivity contribution in [3.05, 3.63) is 36.0 Å². The van der Waals surface area contributed by atoms with Crippen molar-refractivity contribution in [3.8, 4) is 0 Å². The minimum atomic E-state index is 0.562. The molecule has 3 rings (SSSR count). The predicted molar refractivity (Wildman–Crippen MR) is 119 cm³/mol. The Morgan fingerprint density at radius 3 is 2.75 bits per heavy atom. The van der Waals surface area contributed by atoms with Gasteiger partial charge in [-0.2, -0.15) is 0 Å². The first-order valence-electron chi connectivity index (χ1n) is 10.6. The Morgan fingerprint density at radius 1 is 1.18 bits per heavy atom. The first kappa shape index (κ1) is 20.7. The molecule has 0 bridgehead atoms. The lowest BCUT2D eigenvalue weighted by molar-refractivity contribution is 0.140. The molecule has 154 valence electrons. The van der Waals surface area contributed by atoms with Gasteiger partial charge in [0.25, 0.3) is 0 Å². The normalized spacial score (nSPS) is 17.8. The SMILES string of the molecule is CCNC(=NCC(C)CN1CCN(C)CC1)NCCc1c[nH]c2ccccc12. The second-order valence-electron chi connectivity index (χ2n) is 7.96. The van der Waals surface area contributed by atoms with Crippen LogP contribution in [0.15, 0.2) is 35.5 Å². The standard InChI is InChI=1S/C22H36N6/c1-4-23-22(26-15-18(2)17-28-13-11-27(3)12-14-28)24-10-9-19-16-25-21-8-6-5-7-20(19)21/h5-8,16,18,25H,4,9-15,17H2,1-3H3,(H2,23,24,26). The van der Waals surface area contributed by atoms with Crippen LogP contribution in [0.5, 0.6) is 0 Å². The summed E-state index contributed by atoms with van der Waals surface area (Å²) in [7, 11) is 2.20. The second kappa shape index (κ2) is 10.5. The molecule has 2 heterocycles. The van der Waals surface area contributed by atoms with E-state index in [0.29, 0.717) is 5.92 Å². The van der Waals surface area contributed by atoms with Crippen LogP contribution in [0.3, 0.4) is 0 Å². The van der Waals surface area contributed by atoms with Crippen LogP contribution in [0.4, 0.5) is 0 Å². The lowest BCUT2D eigenvalue weighted by Gasteiger charge is -2.33. The largest absolute Gasteiger partial charge is 0.361 e. The van der Waals surface area contributed by atoms with Crippen molar-refractivity contribution in [2.45, 2.75) is 20.3 Å². The summed E-state index contributed by atoms with van der Waals surface area (Å²) >= 11 is 0. The zero-order valence-corrected chi connectivity index (χ0v) is 17.7. The zero-order chi connectivity index (χ0) is 19.8. The molecular weight excluding hydrogens is 348 g/mol. The molecule has 2 aromatic rings. The Morgan fingerprint density at radius 2 is 1.96 bits per heavy atom. The Hall–Kier alpha value is -2.05. The molecule has 1 unspecified atom stereocenters. The fourth-order valence-corrected chi connectivity index (χ4v) is 3.77. The van der Waals surface area contributed by atoms with Gasteiger partial charge in [0.05, 0.1) is 0 Å². The minimum Gasteiger partial charge on any atom is -0.361 e. The molecule has 1 aliphatic rings. The number of aromatic amines is 1. The number of hydrogen-bond donors (Lipinski definition) is 3. The predicted octanol–water partition coefficient (Wildman–Crippen LogP) is 2.15. The molecule has 1 aromatic carbocycles. The van der Waals surface area contributed by atoms with E-state index in [4.69, 9.17) is 4.99 Å². The molecule has 0 aliphatic carbocycles. The molecular formula is C22H36N6. The Labute approximate surface area is 169 Å². The van der Waals surface area contributed by atoms with E-state index in [2.05, 4.69) is 76.8 Å². The van der Waals surface area contributed by atoms with E-state index in [1.807, 2.05) is 0 Å². The molecule has 1 aromatic heterocycles. The molecule has 0 saturated carbocycles. The monoisotopic (exact) mass is 384 g/mol. The number of para-hydroxylation sites is 1. The van der Waals surface area contributed by atoms with Gasteiger partial charge in [0, 0.05) is 69.5 Å². The van der Waals surface area contributed by atoms with Crippen molar-refractivity contribution in [1.82, 2.24) is 25.4 Å². The maximum Gasteiger partial charge on any atom is 0.191 e. The molecule has 1 saturated heterocycles. The van der Waals surface area contributed by atoms with Gasteiger partial charge in [-0.1, -0.05) is 25.1 Å². The van der Waals surface area contributed by atoms with Crippen molar-refractivity contribution in [2.75, 3.05) is 59.4 Å². The highest BCUT2D eigenvalue weighted by atomic mass is 15.2. The number of aliphatic imine (C=N–C) groups is 1. The third kappa shape index (κ3) is 5.97. The van der Waals surface area contributed by atoms with Gasteiger partial charge in [0.2, 0.25) is 0 Å². The van der Waals surface area contributed by atoms with Crippen LogP contribution in [-0.4, -0.2) is 80.1 Å². The first-order chi connectivity index (χ1) is 13.7.